The zero-order chi connectivity index (χ0) is 11.3. The van der Waals surface area contributed by atoms with Gasteiger partial charge in [-0.25, -0.2) is 0 Å². The van der Waals surface area contributed by atoms with E-state index in [1.807, 2.05) is 0 Å². The highest BCUT2D eigenvalue weighted by atomic mass is 16.4. The third-order valence-electron chi connectivity index (χ3n) is 1.87. The molecule has 84 valence electrons. The Kier molecular flexibility index (Phi) is 5.63. The number of carbonyl (C=O) groups is 1. The number of carbonyl (C=O) groups excluding carboxylic acids is 1. The van der Waals surface area contributed by atoms with E-state index in [-0.39, 0.29) is 5.91 Å². The van der Waals surface area contributed by atoms with Crippen molar-refractivity contribution in [2.45, 2.75) is 38.2 Å². The number of hydrogen-bond acceptors (Lipinski definition) is 5. The standard InChI is InChI=1S/C8H17NO5/c1-4(9-5(2)11)7(13)8(14)6(12)3-10/h4,6-8,10,12-14H,3H2,1-2H3,(H,9,11). The Morgan fingerprint density at radius 1 is 1.29 bits per heavy atom. The van der Waals surface area contributed by atoms with Gasteiger partial charge in [-0.05, 0) is 6.92 Å². The van der Waals surface area contributed by atoms with Crippen molar-refractivity contribution in [1.29, 1.82) is 0 Å². The SMILES string of the molecule is CC(=O)NC(C)C(O)C(O)C(O)CO. The Labute approximate surface area is 82.2 Å². The van der Waals surface area contributed by atoms with Crippen molar-refractivity contribution in [3.05, 3.63) is 0 Å². The van der Waals surface area contributed by atoms with E-state index >= 15 is 0 Å². The molecule has 0 radical (unpaired) electrons. The third-order valence-corrected chi connectivity index (χ3v) is 1.87. The van der Waals surface area contributed by atoms with Crippen LogP contribution in [-0.2, 0) is 4.79 Å². The smallest absolute Gasteiger partial charge is 0.217 e. The monoisotopic (exact) mass is 207 g/mol. The van der Waals surface area contributed by atoms with Crippen molar-refractivity contribution >= 4 is 5.91 Å². The molecule has 4 atom stereocenters. The molecule has 0 aliphatic rings. The second kappa shape index (κ2) is 5.92. The molecule has 0 saturated heterocycles. The van der Waals surface area contributed by atoms with E-state index in [2.05, 4.69) is 5.32 Å². The molecule has 6 heteroatoms. The van der Waals surface area contributed by atoms with Crippen LogP contribution in [0.1, 0.15) is 13.8 Å². The minimum Gasteiger partial charge on any atom is -0.394 e. The highest BCUT2D eigenvalue weighted by molar-refractivity contribution is 5.73. The van der Waals surface area contributed by atoms with E-state index in [0.717, 1.165) is 0 Å². The zero-order valence-electron chi connectivity index (χ0n) is 8.21. The molecule has 0 bridgehead atoms. The van der Waals surface area contributed by atoms with Crippen LogP contribution in [0, 0.1) is 0 Å². The number of aliphatic hydroxyl groups is 4. The minimum absolute atomic E-state index is 0.345. The van der Waals surface area contributed by atoms with E-state index in [9.17, 15) is 15.0 Å². The maximum Gasteiger partial charge on any atom is 0.217 e. The lowest BCUT2D eigenvalue weighted by atomic mass is 10.0. The first kappa shape index (κ1) is 13.3. The number of aliphatic hydroxyl groups excluding tert-OH is 4. The van der Waals surface area contributed by atoms with Gasteiger partial charge in [0.1, 0.15) is 18.3 Å². The van der Waals surface area contributed by atoms with Crippen molar-refractivity contribution in [2.75, 3.05) is 6.61 Å². The van der Waals surface area contributed by atoms with Crippen molar-refractivity contribution in [1.82, 2.24) is 5.32 Å². The first-order valence-electron chi connectivity index (χ1n) is 4.32. The summed E-state index contributed by atoms with van der Waals surface area (Å²) >= 11 is 0. The van der Waals surface area contributed by atoms with Gasteiger partial charge in [-0.1, -0.05) is 0 Å². The fourth-order valence-electron chi connectivity index (χ4n) is 1.04. The number of rotatable bonds is 5. The Hall–Kier alpha value is -0.690. The number of hydrogen-bond donors (Lipinski definition) is 5. The quantitative estimate of drug-likeness (QED) is 0.345. The fourth-order valence-corrected chi connectivity index (χ4v) is 1.04. The predicted molar refractivity (Wildman–Crippen MR) is 48.4 cm³/mol. The van der Waals surface area contributed by atoms with E-state index in [0.29, 0.717) is 0 Å². The molecule has 1 amide bonds. The van der Waals surface area contributed by atoms with Gasteiger partial charge in [0.25, 0.3) is 0 Å². The van der Waals surface area contributed by atoms with Crippen LogP contribution in [0.5, 0.6) is 0 Å². The summed E-state index contributed by atoms with van der Waals surface area (Å²) in [7, 11) is 0. The molecule has 0 spiro atoms. The van der Waals surface area contributed by atoms with E-state index in [1.165, 1.54) is 13.8 Å². The molecule has 0 aromatic heterocycles. The van der Waals surface area contributed by atoms with E-state index in [4.69, 9.17) is 10.2 Å². The Balaban J connectivity index is 4.15. The summed E-state index contributed by atoms with van der Waals surface area (Å²) in [4.78, 5) is 10.6. The Morgan fingerprint density at radius 2 is 1.79 bits per heavy atom. The van der Waals surface area contributed by atoms with Crippen molar-refractivity contribution < 1.29 is 25.2 Å². The zero-order valence-corrected chi connectivity index (χ0v) is 8.21. The summed E-state index contributed by atoms with van der Waals surface area (Å²) in [5.41, 5.74) is 0. The highest BCUT2D eigenvalue weighted by Gasteiger charge is 2.28. The molecule has 4 unspecified atom stereocenters. The minimum atomic E-state index is -1.48. The van der Waals surface area contributed by atoms with Gasteiger partial charge in [0, 0.05) is 6.92 Å². The molecule has 0 aromatic carbocycles. The van der Waals surface area contributed by atoms with Gasteiger partial charge >= 0.3 is 0 Å². The molecule has 0 fully saturated rings. The average molecular weight is 207 g/mol. The number of nitrogens with one attached hydrogen (secondary N) is 1. The molecule has 0 rings (SSSR count). The van der Waals surface area contributed by atoms with Crippen molar-refractivity contribution in [3.63, 3.8) is 0 Å². The molecular formula is C8H17NO5. The summed E-state index contributed by atoms with van der Waals surface area (Å²) < 4.78 is 0. The summed E-state index contributed by atoms with van der Waals surface area (Å²) in [5, 5.41) is 38.5. The van der Waals surface area contributed by atoms with Gasteiger partial charge in [0.05, 0.1) is 12.6 Å². The summed E-state index contributed by atoms with van der Waals surface area (Å²) in [6.07, 6.45) is -4.22. The number of amides is 1. The summed E-state index contributed by atoms with van der Waals surface area (Å²) in [6.45, 7) is 2.11. The lowest BCUT2D eigenvalue weighted by Crippen LogP contribution is -2.50. The first-order chi connectivity index (χ1) is 6.40. The van der Waals surface area contributed by atoms with E-state index < -0.39 is 31.0 Å². The van der Waals surface area contributed by atoms with Crippen LogP contribution >= 0.6 is 0 Å². The van der Waals surface area contributed by atoms with Crippen molar-refractivity contribution in [3.8, 4) is 0 Å². The second-order valence-corrected chi connectivity index (χ2v) is 3.22. The molecule has 0 heterocycles. The third kappa shape index (κ3) is 4.01. The van der Waals surface area contributed by atoms with Crippen LogP contribution in [0.15, 0.2) is 0 Å². The van der Waals surface area contributed by atoms with Crippen LogP contribution in [0.3, 0.4) is 0 Å². The van der Waals surface area contributed by atoms with Gasteiger partial charge in [-0.3, -0.25) is 4.79 Å². The van der Waals surface area contributed by atoms with Crippen molar-refractivity contribution in [2.24, 2.45) is 0 Å². The van der Waals surface area contributed by atoms with Gasteiger partial charge in [0.2, 0.25) is 5.91 Å². The normalized spacial score (nSPS) is 19.6. The molecule has 0 aromatic rings. The predicted octanol–water partition coefficient (Wildman–Crippen LogP) is -2.41. The van der Waals surface area contributed by atoms with Gasteiger partial charge in [-0.2, -0.15) is 0 Å². The van der Waals surface area contributed by atoms with E-state index in [1.54, 1.807) is 0 Å². The maximum absolute atomic E-state index is 10.6. The summed E-state index contributed by atoms with van der Waals surface area (Å²) in [5.74, 6) is -0.345. The molecule has 6 nitrogen and oxygen atoms in total. The van der Waals surface area contributed by atoms with Gasteiger partial charge in [-0.15, -0.1) is 0 Å². The maximum atomic E-state index is 10.6. The average Bonchev–Trinajstić information content (AvgIpc) is 2.13. The molecule has 5 N–H and O–H groups in total. The topological polar surface area (TPSA) is 110 Å². The van der Waals surface area contributed by atoms with Crippen LogP contribution in [0.4, 0.5) is 0 Å². The lowest BCUT2D eigenvalue weighted by molar-refractivity contribution is -0.123. The largest absolute Gasteiger partial charge is 0.394 e. The first-order valence-corrected chi connectivity index (χ1v) is 4.32. The summed E-state index contributed by atoms with van der Waals surface area (Å²) in [6, 6.07) is -0.691. The molecule has 14 heavy (non-hydrogen) atoms. The van der Waals surface area contributed by atoms with Crippen LogP contribution < -0.4 is 5.32 Å². The Bertz CT molecular complexity index is 187. The van der Waals surface area contributed by atoms with Crippen LogP contribution in [-0.4, -0.2) is 57.3 Å². The van der Waals surface area contributed by atoms with Crippen LogP contribution in [0.2, 0.25) is 0 Å². The molecule has 0 aliphatic heterocycles. The second-order valence-electron chi connectivity index (χ2n) is 3.22. The Morgan fingerprint density at radius 3 is 2.14 bits per heavy atom. The van der Waals surface area contributed by atoms with Gasteiger partial charge in [0.15, 0.2) is 0 Å². The molecule has 0 aliphatic carbocycles. The molecule has 0 saturated carbocycles. The van der Waals surface area contributed by atoms with Crippen LogP contribution in [0.25, 0.3) is 0 Å². The van der Waals surface area contributed by atoms with Gasteiger partial charge < -0.3 is 25.7 Å². The lowest BCUT2D eigenvalue weighted by Gasteiger charge is -2.26. The highest BCUT2D eigenvalue weighted by Crippen LogP contribution is 2.04. The fraction of sp³-hybridized carbons (Fsp3) is 0.875. The molecular weight excluding hydrogens is 190 g/mol.